The molecule has 0 aliphatic carbocycles. The highest BCUT2D eigenvalue weighted by atomic mass is 16.3. The van der Waals surface area contributed by atoms with Crippen LogP contribution in [0.15, 0.2) is 48.5 Å². The van der Waals surface area contributed by atoms with Crippen molar-refractivity contribution in [3.05, 3.63) is 75.8 Å². The van der Waals surface area contributed by atoms with Crippen molar-refractivity contribution in [2.45, 2.75) is 19.4 Å². The number of phenols is 5. The number of nitrogens with zero attached hydrogens (tertiary/aromatic N) is 2. The van der Waals surface area contributed by atoms with Crippen LogP contribution in [0.4, 0.5) is 0 Å². The first kappa shape index (κ1) is 20.6. The number of rotatable bonds is 2. The Labute approximate surface area is 189 Å². The first-order chi connectivity index (χ1) is 15.6. The Balaban J connectivity index is 1.87. The van der Waals surface area contributed by atoms with Crippen molar-refractivity contribution >= 4 is 23.1 Å². The zero-order valence-corrected chi connectivity index (χ0v) is 18.4. The highest BCUT2D eigenvalue weighted by Crippen LogP contribution is 2.38. The fourth-order valence-corrected chi connectivity index (χ4v) is 4.55. The third kappa shape index (κ3) is 2.89. The first-order valence-corrected chi connectivity index (χ1v) is 10.5. The summed E-state index contributed by atoms with van der Waals surface area (Å²) < 4.78 is 1.94. The predicted molar refractivity (Wildman–Crippen MR) is 127 cm³/mol. The Kier molecular flexibility index (Phi) is 4.29. The van der Waals surface area contributed by atoms with Crippen molar-refractivity contribution in [1.82, 2.24) is 4.68 Å². The number of fused-ring (bicyclic) bond motifs is 3. The van der Waals surface area contributed by atoms with Gasteiger partial charge in [-0.15, -0.1) is 0 Å². The van der Waals surface area contributed by atoms with Crippen LogP contribution in [0.5, 0.6) is 28.7 Å². The largest absolute Gasteiger partial charge is 0.508 e. The molecule has 168 valence electrons. The zero-order chi connectivity index (χ0) is 23.7. The Bertz CT molecular complexity index is 1570. The summed E-state index contributed by atoms with van der Waals surface area (Å²) in [6.45, 7) is 3.80. The van der Waals surface area contributed by atoms with Crippen LogP contribution >= 0.6 is 0 Å². The Morgan fingerprint density at radius 1 is 0.818 bits per heavy atom. The van der Waals surface area contributed by atoms with E-state index in [9.17, 15) is 25.5 Å². The van der Waals surface area contributed by atoms with Gasteiger partial charge in [-0.1, -0.05) is 18.2 Å². The van der Waals surface area contributed by atoms with Gasteiger partial charge in [-0.2, -0.15) is 0 Å². The molecule has 2 heterocycles. The van der Waals surface area contributed by atoms with E-state index in [0.29, 0.717) is 16.1 Å². The van der Waals surface area contributed by atoms with E-state index in [2.05, 4.69) is 0 Å². The molecule has 0 saturated heterocycles. The summed E-state index contributed by atoms with van der Waals surface area (Å²) in [5, 5.41) is 54.9. The van der Waals surface area contributed by atoms with Crippen LogP contribution in [0.3, 0.4) is 0 Å². The van der Waals surface area contributed by atoms with Crippen LogP contribution in [0.1, 0.15) is 23.6 Å². The van der Waals surface area contributed by atoms with Crippen LogP contribution in [0.25, 0.3) is 23.1 Å². The topological polar surface area (TPSA) is 109 Å². The van der Waals surface area contributed by atoms with Gasteiger partial charge in [-0.3, -0.25) is 4.68 Å². The average Bonchev–Trinajstić information content (AvgIpc) is 3.22. The third-order valence-corrected chi connectivity index (χ3v) is 6.63. The summed E-state index contributed by atoms with van der Waals surface area (Å²) in [6, 6.07) is 13.3. The standard InChI is InChI=1S/C26H24N2O5/c1-14-4-5-15(11-22(14)31)10-17-19-13-26(2,16-6-8-20(29)23(32)12-16)27(3)28(19)18-7-9-21(30)25(33)24(17)18/h4-13,29-33H,1-3H3/b17-10+. The summed E-state index contributed by atoms with van der Waals surface area (Å²) in [4.78, 5) is 0. The number of phenolic OH excluding ortho intramolecular Hbond substituents is 5. The molecule has 1 atom stereocenters. The van der Waals surface area contributed by atoms with Gasteiger partial charge in [0.2, 0.25) is 0 Å². The van der Waals surface area contributed by atoms with E-state index in [1.807, 2.05) is 54.9 Å². The van der Waals surface area contributed by atoms with E-state index < -0.39 is 5.54 Å². The molecule has 1 aliphatic heterocycles. The van der Waals surface area contributed by atoms with Gasteiger partial charge in [0.15, 0.2) is 23.0 Å². The van der Waals surface area contributed by atoms with E-state index in [4.69, 9.17) is 0 Å². The summed E-state index contributed by atoms with van der Waals surface area (Å²) in [7, 11) is 1.89. The fourth-order valence-electron chi connectivity index (χ4n) is 4.55. The molecule has 0 radical (unpaired) electrons. The molecule has 1 aromatic heterocycles. The minimum absolute atomic E-state index is 0.168. The predicted octanol–water partition coefficient (Wildman–Crippen LogP) is 2.58. The Morgan fingerprint density at radius 2 is 1.55 bits per heavy atom. The van der Waals surface area contributed by atoms with Gasteiger partial charge in [0.1, 0.15) is 5.75 Å². The van der Waals surface area contributed by atoms with Crippen LogP contribution < -0.4 is 15.6 Å². The molecule has 3 aromatic carbocycles. The number of aromatic nitrogens is 1. The molecule has 0 bridgehead atoms. The smallest absolute Gasteiger partial charge is 0.167 e. The maximum absolute atomic E-state index is 10.7. The van der Waals surface area contributed by atoms with E-state index in [1.54, 1.807) is 18.2 Å². The Morgan fingerprint density at radius 3 is 2.24 bits per heavy atom. The monoisotopic (exact) mass is 444 g/mol. The second kappa shape index (κ2) is 6.87. The molecule has 7 nitrogen and oxygen atoms in total. The van der Waals surface area contributed by atoms with Gasteiger partial charge in [0, 0.05) is 12.3 Å². The lowest BCUT2D eigenvalue weighted by Gasteiger charge is -2.35. The number of hydrogen-bond donors (Lipinski definition) is 5. The molecule has 4 aromatic rings. The van der Waals surface area contributed by atoms with Crippen molar-refractivity contribution in [2.24, 2.45) is 0 Å². The lowest BCUT2D eigenvalue weighted by molar-refractivity contribution is 0.401. The van der Waals surface area contributed by atoms with Gasteiger partial charge in [-0.25, -0.2) is 0 Å². The van der Waals surface area contributed by atoms with Crippen LogP contribution in [0.2, 0.25) is 0 Å². The summed E-state index contributed by atoms with van der Waals surface area (Å²) in [5.41, 5.74) is 2.27. The maximum atomic E-state index is 10.7. The molecule has 33 heavy (non-hydrogen) atoms. The molecule has 5 N–H and O–H groups in total. The molecule has 1 aliphatic rings. The first-order valence-electron chi connectivity index (χ1n) is 10.5. The van der Waals surface area contributed by atoms with Crippen LogP contribution in [-0.2, 0) is 5.54 Å². The van der Waals surface area contributed by atoms with Crippen molar-refractivity contribution in [2.75, 3.05) is 12.1 Å². The lowest BCUT2D eigenvalue weighted by atomic mass is 9.91. The highest BCUT2D eigenvalue weighted by molar-refractivity contribution is 5.92. The van der Waals surface area contributed by atoms with Crippen molar-refractivity contribution < 1.29 is 25.5 Å². The van der Waals surface area contributed by atoms with Gasteiger partial charge < -0.3 is 30.5 Å². The number of aryl methyl sites for hydroxylation is 1. The Hall–Kier alpha value is -4.26. The molecule has 5 rings (SSSR count). The second-order valence-corrected chi connectivity index (χ2v) is 8.65. The van der Waals surface area contributed by atoms with Crippen molar-refractivity contribution in [1.29, 1.82) is 0 Å². The normalized spacial score (nSPS) is 18.0. The SMILES string of the molecule is Cc1ccc(/C=c2\c3n(c4ccc(O)c(O)c24)N(C)C(C)(c2ccc(O)c(O)c2)C=3)cc1O. The molecular weight excluding hydrogens is 420 g/mol. The minimum atomic E-state index is -0.680. The van der Waals surface area contributed by atoms with Gasteiger partial charge >= 0.3 is 0 Å². The molecule has 0 spiro atoms. The van der Waals surface area contributed by atoms with E-state index in [-0.39, 0.29) is 28.7 Å². The molecular formula is C26H24N2O5. The fraction of sp³-hybridized carbons (Fsp3) is 0.154. The number of aromatic hydroxyl groups is 5. The van der Waals surface area contributed by atoms with E-state index in [0.717, 1.165) is 22.0 Å². The maximum Gasteiger partial charge on any atom is 0.167 e. The molecule has 0 saturated carbocycles. The lowest BCUT2D eigenvalue weighted by Crippen LogP contribution is -2.44. The van der Waals surface area contributed by atoms with Gasteiger partial charge in [0.05, 0.1) is 21.8 Å². The van der Waals surface area contributed by atoms with Gasteiger partial charge in [0.25, 0.3) is 0 Å². The van der Waals surface area contributed by atoms with Crippen molar-refractivity contribution in [3.8, 4) is 28.7 Å². The molecule has 0 amide bonds. The van der Waals surface area contributed by atoms with E-state index >= 15 is 0 Å². The summed E-state index contributed by atoms with van der Waals surface area (Å²) >= 11 is 0. The van der Waals surface area contributed by atoms with Crippen LogP contribution in [0, 0.1) is 6.92 Å². The third-order valence-electron chi connectivity index (χ3n) is 6.63. The van der Waals surface area contributed by atoms with Gasteiger partial charge in [-0.05, 0) is 73.0 Å². The second-order valence-electron chi connectivity index (χ2n) is 8.65. The molecule has 1 unspecified atom stereocenters. The van der Waals surface area contributed by atoms with Crippen molar-refractivity contribution in [3.63, 3.8) is 0 Å². The molecule has 0 fully saturated rings. The summed E-state index contributed by atoms with van der Waals surface area (Å²) in [5.74, 6) is -0.672. The highest BCUT2D eigenvalue weighted by Gasteiger charge is 2.37. The van der Waals surface area contributed by atoms with Crippen LogP contribution in [-0.4, -0.2) is 37.3 Å². The number of benzene rings is 3. The number of hydrogen-bond acceptors (Lipinski definition) is 6. The zero-order valence-electron chi connectivity index (χ0n) is 18.4. The van der Waals surface area contributed by atoms with E-state index in [1.165, 1.54) is 18.2 Å². The summed E-state index contributed by atoms with van der Waals surface area (Å²) in [6.07, 6.45) is 3.87. The average molecular weight is 444 g/mol. The minimum Gasteiger partial charge on any atom is -0.508 e. The quantitative estimate of drug-likeness (QED) is 0.304. The molecule has 7 heteroatoms.